The van der Waals surface area contributed by atoms with Gasteiger partial charge in [0.25, 0.3) is 8.40 Å². The minimum absolute atomic E-state index is 0.105. The molecule has 0 aliphatic carbocycles. The smallest absolute Gasteiger partial charge is 0.263 e. The van der Waals surface area contributed by atoms with Crippen molar-refractivity contribution < 1.29 is 9.59 Å². The highest BCUT2D eigenvalue weighted by atomic mass is 28.3. The summed E-state index contributed by atoms with van der Waals surface area (Å²) >= 11 is 0. The van der Waals surface area contributed by atoms with E-state index in [1.807, 2.05) is 13.8 Å². The molecule has 124 valence electrons. The first-order valence-electron chi connectivity index (χ1n) is 8.65. The van der Waals surface area contributed by atoms with Gasteiger partial charge < -0.3 is 9.96 Å². The van der Waals surface area contributed by atoms with Crippen molar-refractivity contribution in [1.82, 2.24) is 9.96 Å². The monoisotopic (exact) mass is 314 g/mol. The van der Waals surface area contributed by atoms with E-state index in [4.69, 9.17) is 0 Å². The van der Waals surface area contributed by atoms with E-state index >= 15 is 0 Å². The van der Waals surface area contributed by atoms with E-state index in [-0.39, 0.29) is 11.8 Å². The lowest BCUT2D eigenvalue weighted by Gasteiger charge is -2.33. The Morgan fingerprint density at radius 1 is 0.714 bits per heavy atom. The quantitative estimate of drug-likeness (QED) is 0.537. The molecule has 2 N–H and O–H groups in total. The molecule has 2 amide bonds. The topological polar surface area (TPSA) is 58.2 Å². The van der Waals surface area contributed by atoms with Crippen LogP contribution in [-0.2, 0) is 9.59 Å². The highest BCUT2D eigenvalue weighted by molar-refractivity contribution is 6.79. The van der Waals surface area contributed by atoms with Crippen molar-refractivity contribution in [2.24, 2.45) is 0 Å². The molecule has 0 saturated heterocycles. The predicted molar refractivity (Wildman–Crippen MR) is 91.3 cm³/mol. The number of nitrogens with one attached hydrogen (secondary N) is 2. The Hall–Kier alpha value is -0.843. The molecule has 0 unspecified atom stereocenters. The normalized spacial score (nSPS) is 11.2. The Morgan fingerprint density at radius 3 is 1.38 bits per heavy atom. The summed E-state index contributed by atoms with van der Waals surface area (Å²) in [4.78, 5) is 30.7. The molecular formula is C16H34N2O2Si. The fourth-order valence-electron chi connectivity index (χ4n) is 2.48. The van der Waals surface area contributed by atoms with Crippen LogP contribution in [0.4, 0.5) is 0 Å². The third-order valence-electron chi connectivity index (χ3n) is 3.63. The fraction of sp³-hybridized carbons (Fsp3) is 0.875. The van der Waals surface area contributed by atoms with Gasteiger partial charge in [0.2, 0.25) is 11.8 Å². The molecule has 0 fully saturated rings. The molecule has 4 nitrogen and oxygen atoms in total. The van der Waals surface area contributed by atoms with Crippen LogP contribution in [0.25, 0.3) is 0 Å². The van der Waals surface area contributed by atoms with Crippen molar-refractivity contribution >= 4 is 20.2 Å². The van der Waals surface area contributed by atoms with Crippen molar-refractivity contribution in [3.05, 3.63) is 0 Å². The Balaban J connectivity index is 4.99. The minimum atomic E-state index is -2.24. The van der Waals surface area contributed by atoms with Crippen molar-refractivity contribution in [2.45, 2.75) is 91.1 Å². The minimum Gasteiger partial charge on any atom is -0.365 e. The molecule has 0 spiro atoms. The molecule has 0 radical (unpaired) electrons. The summed E-state index contributed by atoms with van der Waals surface area (Å²) < 4.78 is 0. The third-order valence-corrected chi connectivity index (χ3v) is 7.55. The summed E-state index contributed by atoms with van der Waals surface area (Å²) in [5, 5.41) is 0. The highest BCUT2D eigenvalue weighted by Gasteiger charge is 2.36. The van der Waals surface area contributed by atoms with Crippen LogP contribution in [0.1, 0.15) is 79.1 Å². The zero-order valence-corrected chi connectivity index (χ0v) is 15.4. The Morgan fingerprint density at radius 2 is 1.10 bits per heavy atom. The van der Waals surface area contributed by atoms with Gasteiger partial charge in [-0.05, 0) is 24.9 Å². The molecule has 0 bridgehead atoms. The maximum absolute atomic E-state index is 12.1. The second-order valence-corrected chi connectivity index (χ2v) is 9.55. The first kappa shape index (κ1) is 20.2. The van der Waals surface area contributed by atoms with Gasteiger partial charge in [-0.15, -0.1) is 0 Å². The molecule has 0 aromatic carbocycles. The van der Waals surface area contributed by atoms with Crippen LogP contribution in [-0.4, -0.2) is 20.2 Å². The summed E-state index contributed by atoms with van der Waals surface area (Å²) in [6, 6.07) is 1.91. The number of hydrogen-bond donors (Lipinski definition) is 2. The van der Waals surface area contributed by atoms with E-state index in [1.165, 1.54) is 0 Å². The van der Waals surface area contributed by atoms with Crippen LogP contribution >= 0.6 is 0 Å². The van der Waals surface area contributed by atoms with Crippen molar-refractivity contribution in [1.29, 1.82) is 0 Å². The van der Waals surface area contributed by atoms with E-state index in [0.717, 1.165) is 50.6 Å². The summed E-state index contributed by atoms with van der Waals surface area (Å²) in [7, 11) is -2.24. The molecule has 0 atom stereocenters. The van der Waals surface area contributed by atoms with Gasteiger partial charge in [-0.3, -0.25) is 9.59 Å². The number of carbonyl (C=O) groups is 2. The summed E-state index contributed by atoms with van der Waals surface area (Å²) in [6.45, 7) is 8.33. The van der Waals surface area contributed by atoms with Gasteiger partial charge in [-0.2, -0.15) is 0 Å². The van der Waals surface area contributed by atoms with Gasteiger partial charge in [-0.25, -0.2) is 0 Å². The molecule has 5 heteroatoms. The molecule has 0 aliphatic rings. The van der Waals surface area contributed by atoms with E-state index in [1.54, 1.807) is 0 Å². The first-order chi connectivity index (χ1) is 10.0. The van der Waals surface area contributed by atoms with Gasteiger partial charge in [0, 0.05) is 12.8 Å². The number of carbonyl (C=O) groups excluding carboxylic acids is 2. The molecule has 21 heavy (non-hydrogen) atoms. The van der Waals surface area contributed by atoms with Gasteiger partial charge in [0.15, 0.2) is 0 Å². The lowest BCUT2D eigenvalue weighted by Crippen LogP contribution is -2.65. The SMILES string of the molecule is CCCC[Si](CCCC)(NC(=O)CCC)NC(=O)CCC. The average molecular weight is 315 g/mol. The molecule has 0 saturated carbocycles. The van der Waals surface area contributed by atoms with Crippen LogP contribution in [0.5, 0.6) is 0 Å². The van der Waals surface area contributed by atoms with Crippen LogP contribution < -0.4 is 9.96 Å². The fourth-order valence-corrected chi connectivity index (χ4v) is 6.52. The van der Waals surface area contributed by atoms with E-state index in [2.05, 4.69) is 23.8 Å². The molecular weight excluding hydrogens is 280 g/mol. The number of hydrogen-bond acceptors (Lipinski definition) is 2. The maximum atomic E-state index is 12.1. The lowest BCUT2D eigenvalue weighted by molar-refractivity contribution is -0.120. The van der Waals surface area contributed by atoms with Crippen LogP contribution in [0.15, 0.2) is 0 Å². The molecule has 0 heterocycles. The maximum Gasteiger partial charge on any atom is 0.263 e. The van der Waals surface area contributed by atoms with Crippen LogP contribution in [0.3, 0.4) is 0 Å². The van der Waals surface area contributed by atoms with Crippen molar-refractivity contribution in [2.75, 3.05) is 0 Å². The standard InChI is InChI=1S/C16H34N2O2Si/c1-5-9-13-21(14-10-6-2,17-15(19)11-7-3)18-16(20)12-8-4/h5-14H2,1-4H3,(H,17,19)(H,18,20). The molecule has 0 aliphatic heterocycles. The second kappa shape index (κ2) is 11.8. The van der Waals surface area contributed by atoms with Gasteiger partial charge >= 0.3 is 0 Å². The van der Waals surface area contributed by atoms with E-state index < -0.39 is 8.40 Å². The highest BCUT2D eigenvalue weighted by Crippen LogP contribution is 2.18. The lowest BCUT2D eigenvalue weighted by atomic mass is 10.3. The summed E-state index contributed by atoms with van der Waals surface area (Å²) in [5.41, 5.74) is 0. The second-order valence-electron chi connectivity index (χ2n) is 5.89. The number of unbranched alkanes of at least 4 members (excludes halogenated alkanes) is 2. The third kappa shape index (κ3) is 8.91. The number of amides is 2. The average Bonchev–Trinajstić information content (AvgIpc) is 2.43. The Bertz CT molecular complexity index is 279. The van der Waals surface area contributed by atoms with Gasteiger partial charge in [0.1, 0.15) is 0 Å². The van der Waals surface area contributed by atoms with Gasteiger partial charge in [0.05, 0.1) is 0 Å². The van der Waals surface area contributed by atoms with E-state index in [9.17, 15) is 9.59 Å². The zero-order chi connectivity index (χ0) is 16.1. The molecule has 0 aromatic heterocycles. The first-order valence-corrected chi connectivity index (χ1v) is 11.1. The summed E-state index contributed by atoms with van der Waals surface area (Å²) in [6.07, 6.45) is 7.11. The largest absolute Gasteiger partial charge is 0.365 e. The summed E-state index contributed by atoms with van der Waals surface area (Å²) in [5.74, 6) is 0.210. The molecule has 0 aromatic rings. The number of rotatable bonds is 12. The van der Waals surface area contributed by atoms with Crippen LogP contribution in [0, 0.1) is 0 Å². The van der Waals surface area contributed by atoms with Crippen molar-refractivity contribution in [3.8, 4) is 0 Å². The Kier molecular flexibility index (Phi) is 11.3. The van der Waals surface area contributed by atoms with Crippen molar-refractivity contribution in [3.63, 3.8) is 0 Å². The Labute approximate surface area is 131 Å². The van der Waals surface area contributed by atoms with Gasteiger partial charge in [-0.1, -0.05) is 53.4 Å². The molecule has 0 rings (SSSR count). The predicted octanol–water partition coefficient (Wildman–Crippen LogP) is 3.86. The zero-order valence-electron chi connectivity index (χ0n) is 14.4. The van der Waals surface area contributed by atoms with Crippen LogP contribution in [0.2, 0.25) is 12.1 Å². The van der Waals surface area contributed by atoms with E-state index in [0.29, 0.717) is 12.8 Å².